The Morgan fingerprint density at radius 2 is 1.81 bits per heavy atom. The van der Waals surface area contributed by atoms with Gasteiger partial charge in [0.05, 0.1) is 5.69 Å². The predicted octanol–water partition coefficient (Wildman–Crippen LogP) is 1.27. The second-order valence-corrected chi connectivity index (χ2v) is 3.72. The summed E-state index contributed by atoms with van der Waals surface area (Å²) in [5.74, 6) is 5.41. The van der Waals surface area contributed by atoms with Gasteiger partial charge in [-0.25, -0.2) is 5.01 Å². The van der Waals surface area contributed by atoms with Crippen molar-refractivity contribution in [2.24, 2.45) is 11.6 Å². The van der Waals surface area contributed by atoms with Crippen molar-refractivity contribution in [2.75, 3.05) is 5.01 Å². The van der Waals surface area contributed by atoms with Crippen LogP contribution in [-0.4, -0.2) is 5.11 Å². The van der Waals surface area contributed by atoms with Crippen LogP contribution in [-0.2, 0) is 0 Å². The van der Waals surface area contributed by atoms with Crippen molar-refractivity contribution in [3.05, 3.63) is 42.5 Å². The standard InChI is InChI=1S/C11H12N4S/c12-11(16)15(14-13)10-7-3-5-8-4-1-2-6-9(8)10/h1-7,14H,13H2,(H2,12,16). The predicted molar refractivity (Wildman–Crippen MR) is 70.5 cm³/mol. The highest BCUT2D eigenvalue weighted by Crippen LogP contribution is 2.25. The van der Waals surface area contributed by atoms with Crippen molar-refractivity contribution in [1.82, 2.24) is 5.53 Å². The molecule has 16 heavy (non-hydrogen) atoms. The molecule has 5 heteroatoms. The highest BCUT2D eigenvalue weighted by atomic mass is 32.1. The first kappa shape index (κ1) is 10.8. The lowest BCUT2D eigenvalue weighted by Gasteiger charge is -2.22. The van der Waals surface area contributed by atoms with E-state index in [1.165, 1.54) is 5.01 Å². The summed E-state index contributed by atoms with van der Waals surface area (Å²) in [6.07, 6.45) is 0. The molecule has 0 aromatic heterocycles. The van der Waals surface area contributed by atoms with Crippen LogP contribution in [0.25, 0.3) is 10.8 Å². The zero-order chi connectivity index (χ0) is 11.5. The van der Waals surface area contributed by atoms with Gasteiger partial charge in [-0.2, -0.15) is 5.53 Å². The lowest BCUT2D eigenvalue weighted by atomic mass is 10.1. The molecular formula is C11H12N4S. The van der Waals surface area contributed by atoms with Crippen molar-refractivity contribution in [1.29, 1.82) is 0 Å². The van der Waals surface area contributed by atoms with E-state index in [2.05, 4.69) is 5.53 Å². The van der Waals surface area contributed by atoms with E-state index < -0.39 is 0 Å². The molecule has 5 N–H and O–H groups in total. The number of hydrazine groups is 2. The first-order chi connectivity index (χ1) is 7.74. The minimum Gasteiger partial charge on any atom is -0.375 e. The zero-order valence-electron chi connectivity index (χ0n) is 8.55. The third kappa shape index (κ3) is 1.83. The fourth-order valence-corrected chi connectivity index (χ4v) is 1.81. The molecule has 0 aliphatic carbocycles. The van der Waals surface area contributed by atoms with Crippen LogP contribution in [0.4, 0.5) is 5.69 Å². The number of hydrogen-bond acceptors (Lipinski definition) is 3. The molecular weight excluding hydrogens is 220 g/mol. The molecule has 2 aromatic carbocycles. The fraction of sp³-hybridized carbons (Fsp3) is 0. The number of rotatable bonds is 2. The highest BCUT2D eigenvalue weighted by Gasteiger charge is 2.10. The summed E-state index contributed by atoms with van der Waals surface area (Å²) in [7, 11) is 0. The van der Waals surface area contributed by atoms with Gasteiger partial charge >= 0.3 is 0 Å². The molecule has 2 aromatic rings. The van der Waals surface area contributed by atoms with E-state index in [4.69, 9.17) is 23.8 Å². The molecule has 0 aliphatic heterocycles. The van der Waals surface area contributed by atoms with Crippen LogP contribution in [0, 0.1) is 0 Å². The topological polar surface area (TPSA) is 67.3 Å². The zero-order valence-corrected chi connectivity index (χ0v) is 9.37. The van der Waals surface area contributed by atoms with E-state index in [0.717, 1.165) is 16.5 Å². The molecule has 0 heterocycles. The third-order valence-corrected chi connectivity index (χ3v) is 2.54. The summed E-state index contributed by atoms with van der Waals surface area (Å²) in [5, 5.41) is 3.80. The van der Waals surface area contributed by atoms with Gasteiger partial charge in [0.15, 0.2) is 5.11 Å². The van der Waals surface area contributed by atoms with Crippen molar-refractivity contribution >= 4 is 33.8 Å². The Hall–Kier alpha value is -1.69. The van der Waals surface area contributed by atoms with Crippen molar-refractivity contribution < 1.29 is 0 Å². The maximum atomic E-state index is 5.59. The van der Waals surface area contributed by atoms with Gasteiger partial charge in [0, 0.05) is 5.39 Å². The maximum Gasteiger partial charge on any atom is 0.186 e. The maximum absolute atomic E-state index is 5.59. The molecule has 0 spiro atoms. The second kappa shape index (κ2) is 4.44. The smallest absolute Gasteiger partial charge is 0.186 e. The van der Waals surface area contributed by atoms with Crippen LogP contribution < -0.4 is 22.1 Å². The molecule has 0 bridgehead atoms. The number of nitrogens with zero attached hydrogens (tertiary/aromatic N) is 1. The minimum atomic E-state index is 0.179. The van der Waals surface area contributed by atoms with E-state index in [9.17, 15) is 0 Å². The summed E-state index contributed by atoms with van der Waals surface area (Å²) in [6.45, 7) is 0. The molecule has 0 fully saturated rings. The van der Waals surface area contributed by atoms with Gasteiger partial charge in [-0.3, -0.25) is 5.84 Å². The SMILES string of the molecule is NNN(C(N)=S)c1cccc2ccccc12. The second-order valence-electron chi connectivity index (χ2n) is 3.30. The number of fused-ring (bicyclic) bond motifs is 1. The fourth-order valence-electron chi connectivity index (χ4n) is 1.66. The van der Waals surface area contributed by atoms with Crippen LogP contribution in [0.2, 0.25) is 0 Å². The first-order valence-electron chi connectivity index (χ1n) is 4.77. The molecule has 0 unspecified atom stereocenters. The Bertz CT molecular complexity index is 521. The van der Waals surface area contributed by atoms with Gasteiger partial charge in [-0.15, -0.1) is 0 Å². The Morgan fingerprint density at radius 3 is 2.50 bits per heavy atom. The molecule has 0 radical (unpaired) electrons. The number of hydrogen-bond donors (Lipinski definition) is 3. The Kier molecular flexibility index (Phi) is 3.00. The van der Waals surface area contributed by atoms with Gasteiger partial charge in [0.2, 0.25) is 0 Å². The molecule has 0 saturated heterocycles. The lowest BCUT2D eigenvalue weighted by Crippen LogP contribution is -2.49. The average Bonchev–Trinajstić information content (AvgIpc) is 2.30. The van der Waals surface area contributed by atoms with E-state index >= 15 is 0 Å². The minimum absolute atomic E-state index is 0.179. The van der Waals surface area contributed by atoms with E-state index in [1.807, 2.05) is 42.5 Å². The molecule has 0 saturated carbocycles. The van der Waals surface area contributed by atoms with Gasteiger partial charge in [0.1, 0.15) is 0 Å². The summed E-state index contributed by atoms with van der Waals surface area (Å²) >= 11 is 4.92. The lowest BCUT2D eigenvalue weighted by molar-refractivity contribution is 0.780. The highest BCUT2D eigenvalue weighted by molar-refractivity contribution is 7.80. The quantitative estimate of drug-likeness (QED) is 0.413. The van der Waals surface area contributed by atoms with Gasteiger partial charge < -0.3 is 5.73 Å². The Balaban J connectivity index is 2.63. The van der Waals surface area contributed by atoms with Crippen molar-refractivity contribution in [2.45, 2.75) is 0 Å². The molecule has 0 amide bonds. The summed E-state index contributed by atoms with van der Waals surface area (Å²) in [5.41, 5.74) is 8.90. The van der Waals surface area contributed by atoms with E-state index in [1.54, 1.807) is 0 Å². The Labute approximate surface area is 98.8 Å². The van der Waals surface area contributed by atoms with Gasteiger partial charge in [-0.1, -0.05) is 36.4 Å². The Morgan fingerprint density at radius 1 is 1.12 bits per heavy atom. The molecule has 0 atom stereocenters. The van der Waals surface area contributed by atoms with Crippen molar-refractivity contribution in [3.63, 3.8) is 0 Å². The van der Waals surface area contributed by atoms with Crippen molar-refractivity contribution in [3.8, 4) is 0 Å². The van der Waals surface area contributed by atoms with E-state index in [-0.39, 0.29) is 5.11 Å². The normalized spacial score (nSPS) is 10.3. The molecule has 82 valence electrons. The monoisotopic (exact) mass is 232 g/mol. The number of nitrogens with one attached hydrogen (secondary N) is 1. The molecule has 4 nitrogen and oxygen atoms in total. The van der Waals surface area contributed by atoms with Gasteiger partial charge in [0.25, 0.3) is 0 Å². The molecule has 2 rings (SSSR count). The molecule has 0 aliphatic rings. The summed E-state index contributed by atoms with van der Waals surface area (Å²) in [6, 6.07) is 13.8. The number of thiocarbonyl (C=S) groups is 1. The van der Waals surface area contributed by atoms with Crippen LogP contribution >= 0.6 is 12.2 Å². The van der Waals surface area contributed by atoms with Crippen LogP contribution in [0.5, 0.6) is 0 Å². The number of anilines is 1. The summed E-state index contributed by atoms with van der Waals surface area (Å²) < 4.78 is 0. The first-order valence-corrected chi connectivity index (χ1v) is 5.18. The summed E-state index contributed by atoms with van der Waals surface area (Å²) in [4.78, 5) is 0. The van der Waals surface area contributed by atoms with E-state index in [0.29, 0.717) is 0 Å². The number of nitrogens with two attached hydrogens (primary N) is 2. The average molecular weight is 232 g/mol. The largest absolute Gasteiger partial charge is 0.375 e. The van der Waals surface area contributed by atoms with Crippen LogP contribution in [0.15, 0.2) is 42.5 Å². The van der Waals surface area contributed by atoms with Gasteiger partial charge in [-0.05, 0) is 23.7 Å². The van der Waals surface area contributed by atoms with Crippen LogP contribution in [0.3, 0.4) is 0 Å². The number of benzene rings is 2. The van der Waals surface area contributed by atoms with Crippen LogP contribution in [0.1, 0.15) is 0 Å². The third-order valence-electron chi connectivity index (χ3n) is 2.36.